The van der Waals surface area contributed by atoms with Crippen LogP contribution in [-0.2, 0) is 19.3 Å². The second kappa shape index (κ2) is 15.6. The molecule has 2 aliphatic rings. The normalized spacial score (nSPS) is 23.5. The minimum Gasteiger partial charge on any atom is -0.493 e. The average molecular weight is 559 g/mol. The van der Waals surface area contributed by atoms with E-state index in [1.807, 2.05) is 0 Å². The predicted octanol–water partition coefficient (Wildman–Crippen LogP) is 12.0. The van der Waals surface area contributed by atoms with Crippen LogP contribution in [0.4, 0.5) is 0 Å². The Bertz CT molecular complexity index is 996. The van der Waals surface area contributed by atoms with E-state index < -0.39 is 0 Å². The van der Waals surface area contributed by atoms with Gasteiger partial charge >= 0.3 is 0 Å². The van der Waals surface area contributed by atoms with Crippen LogP contribution in [0, 0.1) is 29.1 Å². The number of hydrogen-bond acceptors (Lipinski definition) is 1. The molecule has 228 valence electrons. The average Bonchev–Trinajstić information content (AvgIpc) is 3.03. The van der Waals surface area contributed by atoms with Crippen molar-refractivity contribution in [2.75, 3.05) is 6.61 Å². The predicted molar refractivity (Wildman–Crippen MR) is 179 cm³/mol. The lowest BCUT2D eigenvalue weighted by atomic mass is 9.69. The summed E-state index contributed by atoms with van der Waals surface area (Å²) in [6.45, 7) is 14.8. The molecule has 2 fully saturated rings. The van der Waals surface area contributed by atoms with Crippen molar-refractivity contribution < 1.29 is 4.74 Å². The highest BCUT2D eigenvalue weighted by atomic mass is 16.5. The molecule has 0 aliphatic heterocycles. The van der Waals surface area contributed by atoms with Crippen molar-refractivity contribution in [3.8, 4) is 16.9 Å². The summed E-state index contributed by atoms with van der Waals surface area (Å²) in [7, 11) is 0. The largest absolute Gasteiger partial charge is 0.493 e. The Labute approximate surface area is 254 Å². The second-order valence-corrected chi connectivity index (χ2v) is 14.0. The third kappa shape index (κ3) is 8.42. The highest BCUT2D eigenvalue weighted by Gasteiger charge is 2.30. The van der Waals surface area contributed by atoms with Crippen molar-refractivity contribution >= 4 is 0 Å². The summed E-state index contributed by atoms with van der Waals surface area (Å²) >= 11 is 0. The number of rotatable bonds is 14. The van der Waals surface area contributed by atoms with E-state index in [0.29, 0.717) is 5.41 Å². The Morgan fingerprint density at radius 2 is 1.22 bits per heavy atom. The lowest BCUT2D eigenvalue weighted by Gasteiger charge is -2.37. The first-order valence-corrected chi connectivity index (χ1v) is 17.8. The summed E-state index contributed by atoms with van der Waals surface area (Å²) < 4.78 is 6.56. The highest BCUT2D eigenvalue weighted by molar-refractivity contribution is 5.68. The number of aryl methyl sites for hydroxylation is 3. The zero-order valence-electron chi connectivity index (χ0n) is 27.7. The molecule has 1 nitrogen and oxygen atoms in total. The smallest absolute Gasteiger partial charge is 0.125 e. The Morgan fingerprint density at radius 1 is 0.683 bits per heavy atom. The molecule has 0 amide bonds. The van der Waals surface area contributed by atoms with Crippen LogP contribution in [-0.4, -0.2) is 6.61 Å². The van der Waals surface area contributed by atoms with Gasteiger partial charge in [0.15, 0.2) is 0 Å². The summed E-state index contributed by atoms with van der Waals surface area (Å²) in [5.74, 6) is 5.16. The van der Waals surface area contributed by atoms with Gasteiger partial charge in [-0.15, -0.1) is 0 Å². The molecule has 2 saturated carbocycles. The molecule has 0 bridgehead atoms. The van der Waals surface area contributed by atoms with Crippen LogP contribution in [0.3, 0.4) is 0 Å². The molecular formula is C40H62O. The van der Waals surface area contributed by atoms with Gasteiger partial charge in [0.2, 0.25) is 0 Å². The quantitative estimate of drug-likeness (QED) is 0.224. The zero-order valence-corrected chi connectivity index (χ0v) is 27.7. The summed E-state index contributed by atoms with van der Waals surface area (Å²) in [6.07, 6.45) is 21.4. The first-order valence-electron chi connectivity index (χ1n) is 17.8. The molecule has 0 unspecified atom stereocenters. The van der Waals surface area contributed by atoms with Crippen LogP contribution < -0.4 is 4.74 Å². The minimum absolute atomic E-state index is 0.424. The summed E-state index contributed by atoms with van der Waals surface area (Å²) in [5.41, 5.74) is 7.34. The van der Waals surface area contributed by atoms with Gasteiger partial charge in [0.25, 0.3) is 0 Å². The Hall–Kier alpha value is -1.76. The van der Waals surface area contributed by atoms with Gasteiger partial charge in [0.05, 0.1) is 6.61 Å². The molecule has 41 heavy (non-hydrogen) atoms. The van der Waals surface area contributed by atoms with Crippen molar-refractivity contribution in [3.05, 3.63) is 53.1 Å². The van der Waals surface area contributed by atoms with Crippen LogP contribution in [0.5, 0.6) is 5.75 Å². The Balaban J connectivity index is 1.32. The van der Waals surface area contributed by atoms with Crippen molar-refractivity contribution in [2.24, 2.45) is 29.1 Å². The molecule has 0 atom stereocenters. The van der Waals surface area contributed by atoms with Gasteiger partial charge < -0.3 is 4.74 Å². The SMILES string of the molecule is CCc1cc(-c2ccc(CCC3CCC(C4CCC(C)CC4)CC3)cc2)cc(CC)c1OCCC(CC)(CC)CC. The number of hydrogen-bond donors (Lipinski definition) is 0. The van der Waals surface area contributed by atoms with Gasteiger partial charge in [-0.3, -0.25) is 0 Å². The van der Waals surface area contributed by atoms with Crippen LogP contribution in [0.25, 0.3) is 11.1 Å². The van der Waals surface area contributed by atoms with Gasteiger partial charge in [-0.25, -0.2) is 0 Å². The van der Waals surface area contributed by atoms with Gasteiger partial charge in [-0.2, -0.15) is 0 Å². The molecule has 1 heteroatoms. The van der Waals surface area contributed by atoms with Crippen molar-refractivity contribution in [1.82, 2.24) is 0 Å². The van der Waals surface area contributed by atoms with Gasteiger partial charge in [-0.1, -0.05) is 111 Å². The maximum Gasteiger partial charge on any atom is 0.125 e. The number of benzene rings is 2. The van der Waals surface area contributed by atoms with Crippen LogP contribution in [0.15, 0.2) is 36.4 Å². The van der Waals surface area contributed by atoms with Crippen molar-refractivity contribution in [3.63, 3.8) is 0 Å². The van der Waals surface area contributed by atoms with Crippen molar-refractivity contribution in [1.29, 1.82) is 0 Å². The molecule has 0 N–H and O–H groups in total. The molecule has 0 radical (unpaired) electrons. The maximum atomic E-state index is 6.56. The third-order valence-electron chi connectivity index (χ3n) is 11.9. The lowest BCUT2D eigenvalue weighted by molar-refractivity contribution is 0.148. The molecule has 0 heterocycles. The van der Waals surface area contributed by atoms with E-state index in [4.69, 9.17) is 4.74 Å². The minimum atomic E-state index is 0.424. The standard InChI is InChI=1S/C40H62O/c1-7-33-28-38(29-34(8-2)39(33)41-27-26-40(9-3,10-4)11-5)37-24-18-32(19-25-37)15-14-31-16-22-36(23-17-31)35-20-12-30(6)13-21-35/h18-19,24-25,28-31,35-36H,7-17,20-23,26-27H2,1-6H3. The van der Waals surface area contributed by atoms with E-state index in [0.717, 1.165) is 55.3 Å². The van der Waals surface area contributed by atoms with Gasteiger partial charge in [-0.05, 0) is 127 Å². The first kappa shape index (κ1) is 32.2. The van der Waals surface area contributed by atoms with Gasteiger partial charge in [0, 0.05) is 0 Å². The molecule has 2 aromatic rings. The molecule has 0 spiro atoms. The summed E-state index contributed by atoms with van der Waals surface area (Å²) in [5, 5.41) is 0. The molecule has 0 aromatic heterocycles. The van der Waals surface area contributed by atoms with Gasteiger partial charge in [0.1, 0.15) is 5.75 Å². The van der Waals surface area contributed by atoms with E-state index in [1.54, 1.807) is 0 Å². The lowest BCUT2D eigenvalue weighted by Crippen LogP contribution is -2.25. The number of ether oxygens (including phenoxy) is 1. The van der Waals surface area contributed by atoms with E-state index >= 15 is 0 Å². The van der Waals surface area contributed by atoms with E-state index in [9.17, 15) is 0 Å². The topological polar surface area (TPSA) is 9.23 Å². The summed E-state index contributed by atoms with van der Waals surface area (Å²) in [4.78, 5) is 0. The fraction of sp³-hybridized carbons (Fsp3) is 0.700. The van der Waals surface area contributed by atoms with E-state index in [1.165, 1.54) is 111 Å². The van der Waals surface area contributed by atoms with Crippen LogP contribution in [0.2, 0.25) is 0 Å². The molecular weight excluding hydrogens is 496 g/mol. The monoisotopic (exact) mass is 558 g/mol. The Kier molecular flexibility index (Phi) is 12.3. The van der Waals surface area contributed by atoms with E-state index in [-0.39, 0.29) is 0 Å². The first-order chi connectivity index (χ1) is 19.9. The maximum absolute atomic E-state index is 6.56. The third-order valence-corrected chi connectivity index (χ3v) is 11.9. The molecule has 2 aromatic carbocycles. The van der Waals surface area contributed by atoms with Crippen LogP contribution in [0.1, 0.15) is 142 Å². The second-order valence-electron chi connectivity index (χ2n) is 14.0. The Morgan fingerprint density at radius 3 is 1.73 bits per heavy atom. The van der Waals surface area contributed by atoms with Crippen molar-refractivity contribution in [2.45, 2.75) is 144 Å². The summed E-state index contributed by atoms with van der Waals surface area (Å²) in [6, 6.07) is 14.3. The molecule has 2 aliphatic carbocycles. The zero-order chi connectivity index (χ0) is 29.2. The fourth-order valence-electron chi connectivity index (χ4n) is 8.22. The fourth-order valence-corrected chi connectivity index (χ4v) is 8.22. The highest BCUT2D eigenvalue weighted by Crippen LogP contribution is 2.42. The van der Waals surface area contributed by atoms with Crippen LogP contribution >= 0.6 is 0 Å². The molecule has 0 saturated heterocycles. The van der Waals surface area contributed by atoms with E-state index in [2.05, 4.69) is 77.9 Å². The molecule has 4 rings (SSSR count).